The lowest BCUT2D eigenvalue weighted by Gasteiger charge is -2.09. The largest absolute Gasteiger partial charge is 0.347 e. The number of imidazole rings is 1. The van der Waals surface area contributed by atoms with Crippen LogP contribution in [-0.4, -0.2) is 37.5 Å². The van der Waals surface area contributed by atoms with Crippen molar-refractivity contribution in [3.63, 3.8) is 0 Å². The normalized spacial score (nSPS) is 12.1. The van der Waals surface area contributed by atoms with E-state index in [9.17, 15) is 9.59 Å². The van der Waals surface area contributed by atoms with E-state index in [-0.39, 0.29) is 24.3 Å². The minimum atomic E-state index is -0.283. The molecule has 8 nitrogen and oxygen atoms in total. The van der Waals surface area contributed by atoms with Crippen LogP contribution in [0.3, 0.4) is 0 Å². The zero-order valence-electron chi connectivity index (χ0n) is 14.8. The average Bonchev–Trinajstić information content (AvgIpc) is 3.25. The zero-order chi connectivity index (χ0) is 18.5. The minimum Gasteiger partial charge on any atom is -0.347 e. The highest BCUT2D eigenvalue weighted by Crippen LogP contribution is 2.09. The summed E-state index contributed by atoms with van der Waals surface area (Å²) in [6.07, 6.45) is 7.93. The van der Waals surface area contributed by atoms with Gasteiger partial charge in [-0.05, 0) is 18.6 Å². The summed E-state index contributed by atoms with van der Waals surface area (Å²) in [7, 11) is 0. The number of nitrogens with zero attached hydrogens (tertiary/aromatic N) is 4. The van der Waals surface area contributed by atoms with Gasteiger partial charge in [-0.2, -0.15) is 5.10 Å². The third kappa shape index (κ3) is 4.27. The highest BCUT2D eigenvalue weighted by atomic mass is 16.2. The molecule has 8 heteroatoms. The number of amides is 2. The number of carbonyl (C=O) groups excluding carboxylic acids is 2. The number of fused-ring (bicyclic) bond motifs is 1. The molecule has 0 aliphatic heterocycles. The first-order chi connectivity index (χ1) is 12.5. The molecule has 0 spiro atoms. The number of nitrogens with one attached hydrogen (secondary N) is 2. The Morgan fingerprint density at radius 2 is 2.12 bits per heavy atom. The molecular formula is C18H22N6O2. The molecule has 0 saturated carbocycles. The van der Waals surface area contributed by atoms with Crippen LogP contribution in [0, 0.1) is 5.92 Å². The molecule has 1 unspecified atom stereocenters. The number of aromatic nitrogens is 4. The molecule has 2 amide bonds. The van der Waals surface area contributed by atoms with Gasteiger partial charge in [-0.25, -0.2) is 4.98 Å². The van der Waals surface area contributed by atoms with E-state index in [1.807, 2.05) is 48.8 Å². The highest BCUT2D eigenvalue weighted by Gasteiger charge is 2.12. The van der Waals surface area contributed by atoms with Crippen molar-refractivity contribution in [1.82, 2.24) is 24.5 Å². The second kappa shape index (κ2) is 7.81. The topological polar surface area (TPSA) is 93.3 Å². The molecule has 1 atom stereocenters. The fourth-order valence-corrected chi connectivity index (χ4v) is 2.48. The maximum absolute atomic E-state index is 11.9. The van der Waals surface area contributed by atoms with Gasteiger partial charge in [0.1, 0.15) is 5.65 Å². The molecule has 0 aliphatic rings. The van der Waals surface area contributed by atoms with Gasteiger partial charge in [0.05, 0.1) is 30.7 Å². The summed E-state index contributed by atoms with van der Waals surface area (Å²) >= 11 is 0. The molecule has 0 aromatic carbocycles. The Hall–Kier alpha value is -3.16. The maximum atomic E-state index is 11.9. The number of hydrogen-bond donors (Lipinski definition) is 2. The number of anilines is 1. The van der Waals surface area contributed by atoms with Gasteiger partial charge in [-0.1, -0.05) is 19.9 Å². The van der Waals surface area contributed by atoms with E-state index in [1.165, 1.54) is 0 Å². The van der Waals surface area contributed by atoms with E-state index >= 15 is 0 Å². The molecule has 0 aliphatic carbocycles. The molecule has 3 aromatic rings. The van der Waals surface area contributed by atoms with Crippen molar-refractivity contribution in [1.29, 1.82) is 0 Å². The van der Waals surface area contributed by atoms with E-state index in [0.29, 0.717) is 12.2 Å². The Balaban J connectivity index is 1.54. The summed E-state index contributed by atoms with van der Waals surface area (Å²) in [5.74, 6) is -0.505. The summed E-state index contributed by atoms with van der Waals surface area (Å²) in [6, 6.07) is 5.82. The van der Waals surface area contributed by atoms with E-state index in [1.54, 1.807) is 17.1 Å². The quantitative estimate of drug-likeness (QED) is 0.675. The lowest BCUT2D eigenvalue weighted by molar-refractivity contribution is -0.126. The van der Waals surface area contributed by atoms with Gasteiger partial charge in [-0.3, -0.25) is 14.3 Å². The second-order valence-electron chi connectivity index (χ2n) is 6.20. The molecule has 3 aromatic heterocycles. The lowest BCUT2D eigenvalue weighted by Crippen LogP contribution is -2.35. The van der Waals surface area contributed by atoms with Crippen LogP contribution < -0.4 is 10.6 Å². The predicted molar refractivity (Wildman–Crippen MR) is 97.6 cm³/mol. The van der Waals surface area contributed by atoms with Crippen LogP contribution in [0.15, 0.2) is 43.0 Å². The average molecular weight is 354 g/mol. The maximum Gasteiger partial charge on any atom is 0.243 e. The van der Waals surface area contributed by atoms with Gasteiger partial charge in [0.25, 0.3) is 0 Å². The van der Waals surface area contributed by atoms with Crippen LogP contribution in [0.2, 0.25) is 0 Å². The Morgan fingerprint density at radius 1 is 1.27 bits per heavy atom. The molecule has 0 fully saturated rings. The Labute approximate surface area is 151 Å². The number of hydrogen-bond acceptors (Lipinski definition) is 4. The predicted octanol–water partition coefficient (Wildman–Crippen LogP) is 1.68. The van der Waals surface area contributed by atoms with E-state index in [0.717, 1.165) is 17.8 Å². The lowest BCUT2D eigenvalue weighted by atomic mass is 10.1. The van der Waals surface area contributed by atoms with Crippen molar-refractivity contribution >= 4 is 23.1 Å². The molecule has 0 radical (unpaired) electrons. The van der Waals surface area contributed by atoms with Gasteiger partial charge in [0.15, 0.2) is 0 Å². The standard InChI is InChI=1S/C18H22N6O2/c1-3-13(2)18(26)19-9-17(25)22-14-8-20-24(11-14)12-15-10-23-7-5-4-6-16(23)21-15/h4-8,10-11,13H,3,9,12H2,1-2H3,(H,19,26)(H,22,25). The summed E-state index contributed by atoms with van der Waals surface area (Å²) in [4.78, 5) is 28.1. The number of pyridine rings is 1. The fourth-order valence-electron chi connectivity index (χ4n) is 2.48. The number of rotatable bonds is 7. The first-order valence-corrected chi connectivity index (χ1v) is 8.57. The third-order valence-corrected chi connectivity index (χ3v) is 4.14. The molecular weight excluding hydrogens is 332 g/mol. The first kappa shape index (κ1) is 17.7. The summed E-state index contributed by atoms with van der Waals surface area (Å²) in [5, 5.41) is 9.59. The van der Waals surface area contributed by atoms with Crippen molar-refractivity contribution < 1.29 is 9.59 Å². The van der Waals surface area contributed by atoms with Crippen LogP contribution in [0.5, 0.6) is 0 Å². The van der Waals surface area contributed by atoms with E-state index in [4.69, 9.17) is 0 Å². The monoisotopic (exact) mass is 354 g/mol. The fraction of sp³-hybridized carbons (Fsp3) is 0.333. The van der Waals surface area contributed by atoms with Crippen LogP contribution >= 0.6 is 0 Å². The number of carbonyl (C=O) groups is 2. The SMILES string of the molecule is CCC(C)C(=O)NCC(=O)Nc1cnn(Cc2cn3ccccc3n2)c1. The smallest absolute Gasteiger partial charge is 0.243 e. The van der Waals surface area contributed by atoms with Gasteiger partial charge in [0.2, 0.25) is 11.8 Å². The Kier molecular flexibility index (Phi) is 5.31. The van der Waals surface area contributed by atoms with Crippen molar-refractivity contribution in [2.24, 2.45) is 5.92 Å². The van der Waals surface area contributed by atoms with Crippen molar-refractivity contribution in [3.05, 3.63) is 48.7 Å². The van der Waals surface area contributed by atoms with Crippen molar-refractivity contribution in [2.75, 3.05) is 11.9 Å². The van der Waals surface area contributed by atoms with Gasteiger partial charge in [0, 0.05) is 24.5 Å². The van der Waals surface area contributed by atoms with E-state index < -0.39 is 0 Å². The summed E-state index contributed by atoms with van der Waals surface area (Å²) in [6.45, 7) is 4.21. The van der Waals surface area contributed by atoms with Crippen molar-refractivity contribution in [2.45, 2.75) is 26.8 Å². The summed E-state index contributed by atoms with van der Waals surface area (Å²) in [5.41, 5.74) is 2.33. The first-order valence-electron chi connectivity index (χ1n) is 8.57. The Bertz CT molecular complexity index is 880. The zero-order valence-corrected chi connectivity index (χ0v) is 14.8. The van der Waals surface area contributed by atoms with Crippen molar-refractivity contribution in [3.8, 4) is 0 Å². The molecule has 136 valence electrons. The minimum absolute atomic E-state index is 0.0548. The molecule has 0 bridgehead atoms. The third-order valence-electron chi connectivity index (χ3n) is 4.14. The molecule has 3 heterocycles. The Morgan fingerprint density at radius 3 is 2.88 bits per heavy atom. The van der Waals surface area contributed by atoms with Gasteiger partial charge in [-0.15, -0.1) is 0 Å². The molecule has 0 saturated heterocycles. The second-order valence-corrected chi connectivity index (χ2v) is 6.20. The highest BCUT2D eigenvalue weighted by molar-refractivity contribution is 5.94. The van der Waals surface area contributed by atoms with Crippen LogP contribution in [-0.2, 0) is 16.1 Å². The van der Waals surface area contributed by atoms with Crippen LogP contribution in [0.4, 0.5) is 5.69 Å². The van der Waals surface area contributed by atoms with E-state index in [2.05, 4.69) is 20.7 Å². The van der Waals surface area contributed by atoms with Gasteiger partial charge < -0.3 is 15.0 Å². The summed E-state index contributed by atoms with van der Waals surface area (Å²) < 4.78 is 3.65. The molecule has 26 heavy (non-hydrogen) atoms. The van der Waals surface area contributed by atoms with Crippen LogP contribution in [0.1, 0.15) is 26.0 Å². The van der Waals surface area contributed by atoms with Crippen LogP contribution in [0.25, 0.3) is 5.65 Å². The molecule has 2 N–H and O–H groups in total. The van der Waals surface area contributed by atoms with Gasteiger partial charge >= 0.3 is 0 Å². The molecule has 3 rings (SSSR count).